The fourth-order valence-electron chi connectivity index (χ4n) is 2.91. The first-order valence-corrected chi connectivity index (χ1v) is 9.56. The summed E-state index contributed by atoms with van der Waals surface area (Å²) in [6.07, 6.45) is 1.54. The minimum Gasteiger partial charge on any atom is -0.375 e. The summed E-state index contributed by atoms with van der Waals surface area (Å²) in [5.41, 5.74) is -3.67. The molecule has 8 heteroatoms. The molecule has 0 amide bonds. The van der Waals surface area contributed by atoms with Crippen molar-refractivity contribution >= 4 is 33.1 Å². The maximum Gasteiger partial charge on any atom is 0.534 e. The van der Waals surface area contributed by atoms with Crippen molar-refractivity contribution in [1.82, 2.24) is 0 Å². The van der Waals surface area contributed by atoms with Crippen LogP contribution in [0.1, 0.15) is 29.5 Å². The van der Waals surface area contributed by atoms with Crippen LogP contribution in [-0.2, 0) is 20.7 Å². The zero-order valence-electron chi connectivity index (χ0n) is 13.4. The van der Waals surface area contributed by atoms with Crippen LogP contribution in [0, 0.1) is 0 Å². The molecule has 2 aromatic rings. The van der Waals surface area contributed by atoms with Crippen LogP contribution in [0.2, 0.25) is 5.02 Å². The van der Waals surface area contributed by atoms with Crippen molar-refractivity contribution in [3.8, 4) is 0 Å². The summed E-state index contributed by atoms with van der Waals surface area (Å²) in [4.78, 5) is 0. The summed E-state index contributed by atoms with van der Waals surface area (Å²) >= 11 is 6.20. The van der Waals surface area contributed by atoms with Gasteiger partial charge >= 0.3 is 15.6 Å². The van der Waals surface area contributed by atoms with E-state index in [4.69, 9.17) is 11.6 Å². The Bertz CT molecular complexity index is 966. The lowest BCUT2D eigenvalue weighted by atomic mass is 9.99. The van der Waals surface area contributed by atoms with E-state index in [0.717, 1.165) is 5.56 Å². The van der Waals surface area contributed by atoms with E-state index in [9.17, 15) is 21.6 Å². The summed E-state index contributed by atoms with van der Waals surface area (Å²) in [6, 6.07) is 13.3. The standard InChI is InChI=1S/C18H14ClF3O3S/c19-16-11-4-3-9-14(16)15-10-5-7-12-6-1-2-8-13(12)17(15)25-26(23,24)18(20,21)22/h1-4,6,8-9,11H,5,7,10H2. The zero-order valence-corrected chi connectivity index (χ0v) is 15.0. The van der Waals surface area contributed by atoms with Crippen molar-refractivity contribution in [2.45, 2.75) is 24.8 Å². The largest absolute Gasteiger partial charge is 0.534 e. The highest BCUT2D eigenvalue weighted by Gasteiger charge is 2.49. The molecule has 1 aliphatic carbocycles. The van der Waals surface area contributed by atoms with Crippen LogP contribution >= 0.6 is 11.6 Å². The van der Waals surface area contributed by atoms with E-state index >= 15 is 0 Å². The van der Waals surface area contributed by atoms with Crippen molar-refractivity contribution < 1.29 is 25.8 Å². The van der Waals surface area contributed by atoms with Crippen molar-refractivity contribution in [1.29, 1.82) is 0 Å². The third kappa shape index (κ3) is 3.59. The molecule has 2 aromatic carbocycles. The Hall–Kier alpha value is -1.99. The molecule has 26 heavy (non-hydrogen) atoms. The van der Waals surface area contributed by atoms with Crippen LogP contribution in [0.3, 0.4) is 0 Å². The van der Waals surface area contributed by atoms with Gasteiger partial charge in [0.15, 0.2) is 5.76 Å². The summed E-state index contributed by atoms with van der Waals surface area (Å²) < 4.78 is 66.8. The Kier molecular flexibility index (Phi) is 5.03. The lowest BCUT2D eigenvalue weighted by Crippen LogP contribution is -2.25. The summed E-state index contributed by atoms with van der Waals surface area (Å²) in [5.74, 6) is -0.316. The molecule has 0 unspecified atom stereocenters. The van der Waals surface area contributed by atoms with Gasteiger partial charge in [0, 0.05) is 21.7 Å². The minimum atomic E-state index is -5.81. The SMILES string of the molecule is O=S(=O)(OC1=C(c2ccccc2Cl)CCCc2ccccc21)C(F)(F)F. The molecule has 0 aromatic heterocycles. The Morgan fingerprint density at radius 1 is 0.923 bits per heavy atom. The molecule has 0 radical (unpaired) electrons. The summed E-state index contributed by atoms with van der Waals surface area (Å²) in [7, 11) is -5.81. The molecule has 0 fully saturated rings. The molecule has 0 spiro atoms. The van der Waals surface area contributed by atoms with Gasteiger partial charge in [0.2, 0.25) is 0 Å². The first-order chi connectivity index (χ1) is 12.2. The number of allylic oxidation sites excluding steroid dienone is 1. The number of alkyl halides is 3. The lowest BCUT2D eigenvalue weighted by molar-refractivity contribution is -0.0509. The maximum atomic E-state index is 12.9. The molecule has 0 atom stereocenters. The van der Waals surface area contributed by atoms with Crippen LogP contribution in [0.25, 0.3) is 11.3 Å². The molecule has 138 valence electrons. The van der Waals surface area contributed by atoms with Crippen molar-refractivity contribution in [3.63, 3.8) is 0 Å². The number of aryl methyl sites for hydroxylation is 1. The Labute approximate surface area is 154 Å². The lowest BCUT2D eigenvalue weighted by Gasteiger charge is -2.18. The predicted molar refractivity (Wildman–Crippen MR) is 93.7 cm³/mol. The second kappa shape index (κ2) is 6.96. The third-order valence-corrected chi connectivity index (χ3v) is 5.37. The fourth-order valence-corrected chi connectivity index (χ4v) is 3.66. The second-order valence-electron chi connectivity index (χ2n) is 5.78. The van der Waals surface area contributed by atoms with Gasteiger partial charge in [-0.2, -0.15) is 21.6 Å². The fraction of sp³-hybridized carbons (Fsp3) is 0.222. The molecule has 0 heterocycles. The maximum absolute atomic E-state index is 12.9. The van der Waals surface area contributed by atoms with Crippen molar-refractivity contribution in [2.75, 3.05) is 0 Å². The van der Waals surface area contributed by atoms with E-state index in [1.165, 1.54) is 0 Å². The van der Waals surface area contributed by atoms with Gasteiger partial charge in [-0.1, -0.05) is 54.1 Å². The van der Waals surface area contributed by atoms with E-state index in [0.29, 0.717) is 41.0 Å². The smallest absolute Gasteiger partial charge is 0.375 e. The third-order valence-electron chi connectivity index (χ3n) is 4.08. The van der Waals surface area contributed by atoms with Gasteiger partial charge in [0.25, 0.3) is 0 Å². The molecule has 0 aliphatic heterocycles. The van der Waals surface area contributed by atoms with Gasteiger partial charge in [-0.15, -0.1) is 0 Å². The molecule has 0 saturated carbocycles. The number of benzene rings is 2. The highest BCUT2D eigenvalue weighted by Crippen LogP contribution is 2.41. The minimum absolute atomic E-state index is 0.312. The zero-order chi connectivity index (χ0) is 18.9. The Balaban J connectivity index is 2.26. The number of hydrogen-bond donors (Lipinski definition) is 0. The molecule has 1 aliphatic rings. The van der Waals surface area contributed by atoms with E-state index < -0.39 is 15.6 Å². The predicted octanol–water partition coefficient (Wildman–Crippen LogP) is 5.41. The van der Waals surface area contributed by atoms with Crippen LogP contribution in [-0.4, -0.2) is 13.9 Å². The first-order valence-electron chi connectivity index (χ1n) is 7.78. The molecule has 0 saturated heterocycles. The van der Waals surface area contributed by atoms with Gasteiger partial charge in [0.05, 0.1) is 0 Å². The average Bonchev–Trinajstić information content (AvgIpc) is 2.74. The van der Waals surface area contributed by atoms with Crippen molar-refractivity contribution in [2.24, 2.45) is 0 Å². The van der Waals surface area contributed by atoms with Crippen LogP contribution in [0.5, 0.6) is 0 Å². The molecular weight excluding hydrogens is 389 g/mol. The quantitative estimate of drug-likeness (QED) is 0.509. The summed E-state index contributed by atoms with van der Waals surface area (Å²) in [6.45, 7) is 0. The second-order valence-corrected chi connectivity index (χ2v) is 7.73. The highest BCUT2D eigenvalue weighted by molar-refractivity contribution is 7.87. The molecule has 0 N–H and O–H groups in total. The van der Waals surface area contributed by atoms with E-state index in [-0.39, 0.29) is 5.76 Å². The Morgan fingerprint density at radius 3 is 2.19 bits per heavy atom. The molecule has 3 nitrogen and oxygen atoms in total. The van der Waals surface area contributed by atoms with Gasteiger partial charge in [-0.05, 0) is 30.9 Å². The van der Waals surface area contributed by atoms with Crippen molar-refractivity contribution in [3.05, 3.63) is 70.2 Å². The van der Waals surface area contributed by atoms with E-state index in [1.54, 1.807) is 48.5 Å². The average molecular weight is 403 g/mol. The van der Waals surface area contributed by atoms with Gasteiger partial charge in [0.1, 0.15) is 0 Å². The van der Waals surface area contributed by atoms with E-state index in [1.807, 2.05) is 0 Å². The molecule has 3 rings (SSSR count). The number of halogens is 4. The Morgan fingerprint density at radius 2 is 1.54 bits per heavy atom. The van der Waals surface area contributed by atoms with Gasteiger partial charge in [-0.25, -0.2) is 0 Å². The number of fused-ring (bicyclic) bond motifs is 1. The normalized spacial score (nSPS) is 15.4. The number of rotatable bonds is 3. The topological polar surface area (TPSA) is 43.4 Å². The van der Waals surface area contributed by atoms with Gasteiger partial charge in [-0.3, -0.25) is 0 Å². The van der Waals surface area contributed by atoms with E-state index in [2.05, 4.69) is 4.18 Å². The molecular formula is C18H14ClF3O3S. The monoisotopic (exact) mass is 402 g/mol. The molecule has 0 bridgehead atoms. The van der Waals surface area contributed by atoms with Crippen LogP contribution in [0.15, 0.2) is 48.5 Å². The first kappa shape index (κ1) is 18.8. The summed E-state index contributed by atoms with van der Waals surface area (Å²) in [5, 5.41) is 0.312. The van der Waals surface area contributed by atoms with Gasteiger partial charge < -0.3 is 4.18 Å². The van der Waals surface area contributed by atoms with Crippen LogP contribution in [0.4, 0.5) is 13.2 Å². The number of hydrogen-bond acceptors (Lipinski definition) is 3. The highest BCUT2D eigenvalue weighted by atomic mass is 35.5. The van der Waals surface area contributed by atoms with Crippen LogP contribution < -0.4 is 0 Å².